The molecule has 0 saturated heterocycles. The van der Waals surface area contributed by atoms with Gasteiger partial charge in [-0.2, -0.15) is 0 Å². The number of ketones is 1. The van der Waals surface area contributed by atoms with E-state index in [0.29, 0.717) is 11.8 Å². The number of aliphatic hydroxyl groups excluding tert-OH is 1. The molecule has 5 rings (SSSR count). The third-order valence-electron chi connectivity index (χ3n) is 6.44. The molecule has 0 aliphatic rings. The Hall–Kier alpha value is -3.27. The zero-order chi connectivity index (χ0) is 27.6. The molecule has 0 spiro atoms. The first-order chi connectivity index (χ1) is 18.0. The summed E-state index contributed by atoms with van der Waals surface area (Å²) in [5.74, 6) is 0.972. The van der Waals surface area contributed by atoms with Gasteiger partial charge in [-0.05, 0) is 65.8 Å². The fourth-order valence-corrected chi connectivity index (χ4v) is 4.93. The van der Waals surface area contributed by atoms with Gasteiger partial charge in [0.2, 0.25) is 0 Å². The van der Waals surface area contributed by atoms with Crippen LogP contribution in [0.4, 0.5) is 0 Å². The Kier molecular flexibility index (Phi) is 9.88. The second-order valence-corrected chi connectivity index (χ2v) is 10.8. The molecule has 0 aliphatic carbocycles. The summed E-state index contributed by atoms with van der Waals surface area (Å²) >= 11 is 0. The molecule has 0 unspecified atom stereocenters. The number of hydrogen-bond donors (Lipinski definition) is 1. The monoisotopic (exact) mass is 699 g/mol. The Bertz CT molecular complexity index is 1660. The summed E-state index contributed by atoms with van der Waals surface area (Å²) in [4.78, 5) is 15.0. The van der Waals surface area contributed by atoms with Crippen molar-refractivity contribution in [2.24, 2.45) is 5.92 Å². The summed E-state index contributed by atoms with van der Waals surface area (Å²) in [5, 5.41) is 13.1. The maximum atomic E-state index is 10.0. The number of hydrogen-bond acceptors (Lipinski definition) is 4. The molecule has 4 nitrogen and oxygen atoms in total. The van der Waals surface area contributed by atoms with Crippen molar-refractivity contribution in [3.05, 3.63) is 89.3 Å². The van der Waals surface area contributed by atoms with Crippen molar-refractivity contribution in [1.29, 1.82) is 0 Å². The van der Waals surface area contributed by atoms with Crippen molar-refractivity contribution in [2.45, 2.75) is 60.8 Å². The zero-order valence-corrected chi connectivity index (χ0v) is 26.1. The first kappa shape index (κ1) is 30.3. The average Bonchev–Trinajstić information content (AvgIpc) is 3.20. The van der Waals surface area contributed by atoms with E-state index in [4.69, 9.17) is 14.5 Å². The van der Waals surface area contributed by atoms with Crippen molar-refractivity contribution in [3.63, 3.8) is 0 Å². The molecule has 2 heterocycles. The molecule has 5 aromatic rings. The zero-order valence-electron chi connectivity index (χ0n) is 23.7. The molecule has 0 aliphatic heterocycles. The van der Waals surface area contributed by atoms with E-state index in [1.807, 2.05) is 18.3 Å². The van der Waals surface area contributed by atoms with Crippen LogP contribution in [0, 0.1) is 18.9 Å². The SMILES string of the molecule is CC(=O)/C=C(/C)O.Cc1[c-]c(-c2ncc(C(C)C)c3cc(CC(C)C)ccc23)c2oc3ccccc3c2c1.[Ir]. The number of benzene rings is 3. The van der Waals surface area contributed by atoms with Crippen LogP contribution in [-0.4, -0.2) is 15.9 Å². The third-order valence-corrected chi connectivity index (χ3v) is 6.44. The minimum absolute atomic E-state index is 0. The normalized spacial score (nSPS) is 11.7. The molecule has 1 radical (unpaired) electrons. The van der Waals surface area contributed by atoms with Crippen molar-refractivity contribution in [2.75, 3.05) is 0 Å². The second-order valence-electron chi connectivity index (χ2n) is 10.8. The molecule has 1 N–H and O–H groups in total. The first-order valence-electron chi connectivity index (χ1n) is 13.2. The first-order valence-corrected chi connectivity index (χ1v) is 13.2. The number of aryl methyl sites for hydroxylation is 1. The Morgan fingerprint density at radius 3 is 2.33 bits per heavy atom. The van der Waals surface area contributed by atoms with Crippen LogP contribution in [0.5, 0.6) is 0 Å². The van der Waals surface area contributed by atoms with E-state index in [-0.39, 0.29) is 31.6 Å². The van der Waals surface area contributed by atoms with Crippen molar-refractivity contribution < 1.29 is 34.4 Å². The summed E-state index contributed by atoms with van der Waals surface area (Å²) in [6, 6.07) is 20.8. The molecule has 2 aromatic heterocycles. The fourth-order valence-electron chi connectivity index (χ4n) is 4.93. The van der Waals surface area contributed by atoms with E-state index in [2.05, 4.69) is 77.1 Å². The molecule has 0 saturated carbocycles. The number of allylic oxidation sites excluding steroid dienone is 2. The predicted molar refractivity (Wildman–Crippen MR) is 158 cm³/mol. The number of para-hydroxylation sites is 1. The maximum absolute atomic E-state index is 10.0. The Morgan fingerprint density at radius 2 is 1.72 bits per heavy atom. The number of pyridine rings is 1. The van der Waals surface area contributed by atoms with Gasteiger partial charge in [0, 0.05) is 37.8 Å². The molecule has 39 heavy (non-hydrogen) atoms. The van der Waals surface area contributed by atoms with Gasteiger partial charge in [0.1, 0.15) is 5.58 Å². The van der Waals surface area contributed by atoms with E-state index in [1.54, 1.807) is 0 Å². The number of aromatic nitrogens is 1. The minimum Gasteiger partial charge on any atom is -0.512 e. The van der Waals surface area contributed by atoms with E-state index >= 15 is 0 Å². The Morgan fingerprint density at radius 1 is 1.00 bits per heavy atom. The van der Waals surface area contributed by atoms with Gasteiger partial charge in [-0.15, -0.1) is 17.7 Å². The van der Waals surface area contributed by atoms with Crippen molar-refractivity contribution in [3.8, 4) is 11.3 Å². The molecule has 3 aromatic carbocycles. The van der Waals surface area contributed by atoms with Crippen molar-refractivity contribution in [1.82, 2.24) is 4.98 Å². The number of fused-ring (bicyclic) bond motifs is 4. The van der Waals surface area contributed by atoms with Crippen LogP contribution in [0.15, 0.2) is 71.0 Å². The van der Waals surface area contributed by atoms with Crippen LogP contribution >= 0.6 is 0 Å². The fraction of sp³-hybridized carbons (Fsp3) is 0.294. The summed E-state index contributed by atoms with van der Waals surface area (Å²) in [5.41, 5.74) is 7.42. The maximum Gasteiger partial charge on any atom is 0.155 e. The second kappa shape index (κ2) is 12.7. The van der Waals surface area contributed by atoms with Gasteiger partial charge in [0.25, 0.3) is 0 Å². The largest absolute Gasteiger partial charge is 0.512 e. The molecule has 0 atom stereocenters. The van der Waals surface area contributed by atoms with Crippen molar-refractivity contribution >= 4 is 38.5 Å². The number of aliphatic hydroxyl groups is 1. The number of carbonyl (C=O) groups is 1. The third kappa shape index (κ3) is 6.84. The van der Waals surface area contributed by atoms with E-state index in [9.17, 15) is 4.79 Å². The topological polar surface area (TPSA) is 63.3 Å². The van der Waals surface area contributed by atoms with Gasteiger partial charge < -0.3 is 14.5 Å². The molecular formula is C34H36IrNO3-. The van der Waals surface area contributed by atoms with Gasteiger partial charge in [0.05, 0.1) is 11.3 Å². The number of rotatable bonds is 5. The Labute approximate surface area is 244 Å². The average molecular weight is 699 g/mol. The summed E-state index contributed by atoms with van der Waals surface area (Å²) in [7, 11) is 0. The van der Waals surface area contributed by atoms with Crippen LogP contribution in [0.1, 0.15) is 64.2 Å². The number of carbonyl (C=O) groups excluding carboxylic acids is 1. The quantitative estimate of drug-likeness (QED) is 0.113. The van der Waals surface area contributed by atoms with Gasteiger partial charge in [-0.25, -0.2) is 0 Å². The molecule has 0 amide bonds. The standard InChI is InChI=1S/C29H28NO.C5H8O2.Ir/c1-17(2)12-20-10-11-22-23(15-20)26(18(3)4)16-30-28(22)25-14-19(5)13-24-21-8-6-7-9-27(21)31-29(24)25;1-4(6)3-5(2)7;/h6-11,13,15-18H,12H2,1-5H3;3,6H,1-2H3;/q-1;;/b;4-3-;. The van der Waals surface area contributed by atoms with Gasteiger partial charge in [-0.1, -0.05) is 82.0 Å². The predicted octanol–water partition coefficient (Wildman–Crippen LogP) is 9.27. The van der Waals surface area contributed by atoms with E-state index < -0.39 is 0 Å². The summed E-state index contributed by atoms with van der Waals surface area (Å²) in [6.45, 7) is 14.0. The molecule has 5 heteroatoms. The van der Waals surface area contributed by atoms with E-state index in [0.717, 1.165) is 45.2 Å². The van der Waals surface area contributed by atoms with E-state index in [1.165, 1.54) is 41.8 Å². The molecular weight excluding hydrogens is 663 g/mol. The summed E-state index contributed by atoms with van der Waals surface area (Å²) in [6.07, 6.45) is 4.29. The van der Waals surface area contributed by atoms with Crippen LogP contribution in [-0.2, 0) is 31.3 Å². The minimum atomic E-state index is -0.125. The van der Waals surface area contributed by atoms with Gasteiger partial charge >= 0.3 is 0 Å². The number of furan rings is 1. The smallest absolute Gasteiger partial charge is 0.155 e. The number of nitrogens with zero attached hydrogens (tertiary/aromatic N) is 1. The van der Waals surface area contributed by atoms with Gasteiger partial charge in [0.15, 0.2) is 5.78 Å². The summed E-state index contributed by atoms with van der Waals surface area (Å²) < 4.78 is 6.32. The molecule has 205 valence electrons. The van der Waals surface area contributed by atoms with Crippen LogP contribution in [0.25, 0.3) is 44.0 Å². The van der Waals surface area contributed by atoms with Crippen LogP contribution < -0.4 is 0 Å². The Balaban J connectivity index is 0.000000468. The molecule has 0 bridgehead atoms. The van der Waals surface area contributed by atoms with Crippen LogP contribution in [0.3, 0.4) is 0 Å². The van der Waals surface area contributed by atoms with Gasteiger partial charge in [-0.3, -0.25) is 4.79 Å². The van der Waals surface area contributed by atoms with Crippen LogP contribution in [0.2, 0.25) is 0 Å². The molecule has 0 fully saturated rings.